The number of aliphatic carboxylic acids is 1. The third-order valence-corrected chi connectivity index (χ3v) is 5.15. The molecule has 0 spiro atoms. The van der Waals surface area contributed by atoms with Gasteiger partial charge in [-0.05, 0) is 25.7 Å². The largest absolute Gasteiger partial charge is 0.480 e. The Morgan fingerprint density at radius 2 is 2.33 bits per heavy atom. The highest BCUT2D eigenvalue weighted by atomic mass is 32.2. The first-order chi connectivity index (χ1) is 9.72. The highest BCUT2D eigenvalue weighted by Gasteiger charge is 2.44. The predicted octanol–water partition coefficient (Wildman–Crippen LogP) is 1.44. The predicted molar refractivity (Wildman–Crippen MR) is 75.0 cm³/mol. The number of aromatic nitrogens is 1. The molecule has 2 atom stereocenters. The minimum atomic E-state index is -3.80. The lowest BCUT2D eigenvalue weighted by Crippen LogP contribution is -2.56. The van der Waals surface area contributed by atoms with E-state index in [0.717, 1.165) is 6.42 Å². The Hall–Kier alpha value is -1.41. The molecule has 118 valence electrons. The topological polar surface area (TPSA) is 110 Å². The molecule has 0 amide bonds. The van der Waals surface area contributed by atoms with Gasteiger partial charge in [-0.25, -0.2) is 8.42 Å². The van der Waals surface area contributed by atoms with Crippen molar-refractivity contribution in [2.75, 3.05) is 0 Å². The lowest BCUT2D eigenvalue weighted by molar-refractivity contribution is -0.146. The quantitative estimate of drug-likeness (QED) is 0.850. The number of hydrogen-bond acceptors (Lipinski definition) is 5. The van der Waals surface area contributed by atoms with Gasteiger partial charge in [0, 0.05) is 6.07 Å². The van der Waals surface area contributed by atoms with Crippen molar-refractivity contribution in [2.45, 2.75) is 50.8 Å². The third-order valence-electron chi connectivity index (χ3n) is 3.77. The number of carbonyl (C=O) groups is 1. The molecule has 7 nitrogen and oxygen atoms in total. The molecule has 21 heavy (non-hydrogen) atoms. The lowest BCUT2D eigenvalue weighted by atomic mass is 9.77. The van der Waals surface area contributed by atoms with Crippen molar-refractivity contribution in [3.63, 3.8) is 0 Å². The number of rotatable bonds is 5. The summed E-state index contributed by atoms with van der Waals surface area (Å²) in [5.41, 5.74) is -1.14. The molecule has 0 saturated heterocycles. The van der Waals surface area contributed by atoms with Gasteiger partial charge in [0.25, 0.3) is 0 Å². The second kappa shape index (κ2) is 5.76. The molecule has 0 bridgehead atoms. The maximum absolute atomic E-state index is 12.2. The van der Waals surface area contributed by atoms with E-state index in [2.05, 4.69) is 9.88 Å². The number of hydrogen-bond donors (Lipinski definition) is 2. The Morgan fingerprint density at radius 3 is 2.86 bits per heavy atom. The standard InChI is InChI=1S/C13H20N2O5S/c1-9-4-3-5-13(7-9,12(16)17)15-21(18,19)8-11-6-10(2)20-14-11/h6,9,15H,3-5,7-8H2,1-2H3,(H,16,17). The number of nitrogens with one attached hydrogen (secondary N) is 1. The zero-order valence-corrected chi connectivity index (χ0v) is 12.9. The first kappa shape index (κ1) is 16.0. The molecule has 0 aromatic carbocycles. The van der Waals surface area contributed by atoms with Gasteiger partial charge in [-0.2, -0.15) is 4.72 Å². The van der Waals surface area contributed by atoms with Crippen LogP contribution in [-0.4, -0.2) is 30.2 Å². The summed E-state index contributed by atoms with van der Waals surface area (Å²) in [5.74, 6) is -0.812. The van der Waals surface area contributed by atoms with Crippen molar-refractivity contribution >= 4 is 16.0 Å². The highest BCUT2D eigenvalue weighted by Crippen LogP contribution is 2.33. The number of sulfonamides is 1. The van der Waals surface area contributed by atoms with Gasteiger partial charge in [-0.3, -0.25) is 4.79 Å². The second-order valence-corrected chi connectivity index (χ2v) is 7.60. The fourth-order valence-electron chi connectivity index (χ4n) is 2.90. The molecule has 8 heteroatoms. The monoisotopic (exact) mass is 316 g/mol. The van der Waals surface area contributed by atoms with Gasteiger partial charge >= 0.3 is 5.97 Å². The smallest absolute Gasteiger partial charge is 0.324 e. The Bertz CT molecular complexity index is 624. The first-order valence-electron chi connectivity index (χ1n) is 6.90. The van der Waals surface area contributed by atoms with Gasteiger partial charge in [0.15, 0.2) is 0 Å². The minimum Gasteiger partial charge on any atom is -0.480 e. The van der Waals surface area contributed by atoms with Crippen molar-refractivity contribution in [1.29, 1.82) is 0 Å². The Kier molecular flexibility index (Phi) is 4.38. The Balaban J connectivity index is 2.17. The fourth-order valence-corrected chi connectivity index (χ4v) is 4.36. The lowest BCUT2D eigenvalue weighted by Gasteiger charge is -2.36. The van der Waals surface area contributed by atoms with Crippen LogP contribution in [0, 0.1) is 12.8 Å². The Labute approximate surface area is 123 Å². The van der Waals surface area contributed by atoms with Crippen molar-refractivity contribution < 1.29 is 22.8 Å². The molecule has 1 aliphatic rings. The molecular weight excluding hydrogens is 296 g/mol. The van der Waals surface area contributed by atoms with Gasteiger partial charge in [0.2, 0.25) is 10.0 Å². The van der Waals surface area contributed by atoms with Gasteiger partial charge in [0.1, 0.15) is 22.7 Å². The highest BCUT2D eigenvalue weighted by molar-refractivity contribution is 7.88. The number of carboxylic acids is 1. The number of aryl methyl sites for hydroxylation is 1. The molecule has 1 aromatic heterocycles. The van der Waals surface area contributed by atoms with Crippen molar-refractivity contribution in [3.8, 4) is 0 Å². The summed E-state index contributed by atoms with van der Waals surface area (Å²) in [5, 5.41) is 13.1. The maximum Gasteiger partial charge on any atom is 0.324 e. The SMILES string of the molecule is Cc1cc(CS(=O)(=O)NC2(C(=O)O)CCCC(C)C2)no1. The second-order valence-electron chi connectivity index (χ2n) is 5.88. The van der Waals surface area contributed by atoms with Gasteiger partial charge < -0.3 is 9.63 Å². The van der Waals surface area contributed by atoms with E-state index in [1.54, 1.807) is 6.92 Å². The van der Waals surface area contributed by atoms with Crippen molar-refractivity contribution in [2.24, 2.45) is 5.92 Å². The molecule has 1 saturated carbocycles. The first-order valence-corrected chi connectivity index (χ1v) is 8.55. The summed E-state index contributed by atoms with van der Waals surface area (Å²) in [6.07, 6.45) is 2.22. The van der Waals surface area contributed by atoms with Gasteiger partial charge in [-0.15, -0.1) is 0 Å². The normalized spacial score (nSPS) is 26.7. The van der Waals surface area contributed by atoms with Crippen LogP contribution in [0.15, 0.2) is 10.6 Å². The van der Waals surface area contributed by atoms with Crippen LogP contribution in [0.4, 0.5) is 0 Å². The van der Waals surface area contributed by atoms with Crippen LogP contribution >= 0.6 is 0 Å². The van der Waals surface area contributed by atoms with Crippen molar-refractivity contribution in [1.82, 2.24) is 9.88 Å². The van der Waals surface area contributed by atoms with Crippen LogP contribution in [0.2, 0.25) is 0 Å². The van der Waals surface area contributed by atoms with E-state index >= 15 is 0 Å². The number of nitrogens with zero attached hydrogens (tertiary/aromatic N) is 1. The Morgan fingerprint density at radius 1 is 1.62 bits per heavy atom. The molecule has 1 heterocycles. The van der Waals surface area contributed by atoms with E-state index in [1.165, 1.54) is 6.07 Å². The van der Waals surface area contributed by atoms with E-state index in [4.69, 9.17) is 4.52 Å². The molecule has 2 unspecified atom stereocenters. The summed E-state index contributed by atoms with van der Waals surface area (Å²) >= 11 is 0. The van der Waals surface area contributed by atoms with Crippen LogP contribution in [0.5, 0.6) is 0 Å². The average molecular weight is 316 g/mol. The van der Waals surface area contributed by atoms with Gasteiger partial charge in [0.05, 0.1) is 0 Å². The fraction of sp³-hybridized carbons (Fsp3) is 0.692. The molecule has 0 aliphatic heterocycles. The summed E-state index contributed by atoms with van der Waals surface area (Å²) in [6, 6.07) is 1.52. The molecule has 1 fully saturated rings. The zero-order valence-electron chi connectivity index (χ0n) is 12.1. The molecule has 1 aromatic rings. The molecule has 1 aliphatic carbocycles. The van der Waals surface area contributed by atoms with Crippen LogP contribution in [-0.2, 0) is 20.6 Å². The van der Waals surface area contributed by atoms with Gasteiger partial charge in [-0.1, -0.05) is 24.9 Å². The summed E-state index contributed by atoms with van der Waals surface area (Å²) in [7, 11) is -3.80. The average Bonchev–Trinajstić information content (AvgIpc) is 2.72. The van der Waals surface area contributed by atoms with E-state index in [9.17, 15) is 18.3 Å². The van der Waals surface area contributed by atoms with Crippen LogP contribution in [0.1, 0.15) is 44.1 Å². The number of carboxylic acid groups (broad SMARTS) is 1. The molecule has 0 radical (unpaired) electrons. The van der Waals surface area contributed by atoms with Crippen LogP contribution in [0.3, 0.4) is 0 Å². The molecular formula is C13H20N2O5S. The van der Waals surface area contributed by atoms with Crippen LogP contribution < -0.4 is 4.72 Å². The summed E-state index contributed by atoms with van der Waals surface area (Å²) in [4.78, 5) is 11.6. The van der Waals surface area contributed by atoms with E-state index < -0.39 is 21.5 Å². The minimum absolute atomic E-state index is 0.173. The van der Waals surface area contributed by atoms with Crippen molar-refractivity contribution in [3.05, 3.63) is 17.5 Å². The maximum atomic E-state index is 12.2. The zero-order chi connectivity index (χ0) is 15.7. The van der Waals surface area contributed by atoms with Crippen LogP contribution in [0.25, 0.3) is 0 Å². The van der Waals surface area contributed by atoms with E-state index in [-0.39, 0.29) is 17.4 Å². The van der Waals surface area contributed by atoms with E-state index in [1.807, 2.05) is 6.92 Å². The molecule has 2 N–H and O–H groups in total. The summed E-state index contributed by atoms with van der Waals surface area (Å²) in [6.45, 7) is 3.60. The summed E-state index contributed by atoms with van der Waals surface area (Å²) < 4.78 is 31.7. The molecule has 2 rings (SSSR count). The third kappa shape index (κ3) is 3.82. The van der Waals surface area contributed by atoms with E-state index in [0.29, 0.717) is 25.0 Å².